The molecule has 0 saturated heterocycles. The third-order valence-electron chi connectivity index (χ3n) is 3.11. The molecule has 3 nitrogen and oxygen atoms in total. The van der Waals surface area contributed by atoms with E-state index in [0.717, 1.165) is 27.5 Å². The molecule has 0 aliphatic carbocycles. The maximum absolute atomic E-state index is 9.05. The van der Waals surface area contributed by atoms with Gasteiger partial charge >= 0.3 is 0 Å². The molecule has 0 spiro atoms. The van der Waals surface area contributed by atoms with Crippen LogP contribution in [0.2, 0.25) is 5.02 Å². The fraction of sp³-hybridized carbons (Fsp3) is 0.357. The van der Waals surface area contributed by atoms with Crippen molar-refractivity contribution in [2.45, 2.75) is 26.8 Å². The number of rotatable bonds is 4. The summed E-state index contributed by atoms with van der Waals surface area (Å²) in [5, 5.41) is 14.3. The van der Waals surface area contributed by atoms with E-state index in [9.17, 15) is 0 Å². The fourth-order valence-corrected chi connectivity index (χ4v) is 2.38. The van der Waals surface area contributed by atoms with Crippen molar-refractivity contribution >= 4 is 11.6 Å². The molecule has 4 heteroatoms. The van der Waals surface area contributed by atoms with Gasteiger partial charge < -0.3 is 5.11 Å². The van der Waals surface area contributed by atoms with Gasteiger partial charge in [0.2, 0.25) is 0 Å². The van der Waals surface area contributed by atoms with Crippen molar-refractivity contribution in [1.29, 1.82) is 0 Å². The Balaban J connectivity index is 2.27. The predicted molar refractivity (Wildman–Crippen MR) is 73.0 cm³/mol. The van der Waals surface area contributed by atoms with Gasteiger partial charge in [-0.1, -0.05) is 23.7 Å². The molecular formula is C14H17ClN2O. The van der Waals surface area contributed by atoms with E-state index in [2.05, 4.69) is 5.10 Å². The van der Waals surface area contributed by atoms with Crippen molar-refractivity contribution in [3.05, 3.63) is 51.8 Å². The highest BCUT2D eigenvalue weighted by Crippen LogP contribution is 2.17. The van der Waals surface area contributed by atoms with E-state index in [4.69, 9.17) is 16.7 Å². The van der Waals surface area contributed by atoms with Crippen LogP contribution in [0.3, 0.4) is 0 Å². The number of aryl methyl sites for hydroxylation is 1. The highest BCUT2D eigenvalue weighted by Gasteiger charge is 2.11. The lowest BCUT2D eigenvalue weighted by Crippen LogP contribution is -2.04. The predicted octanol–water partition coefficient (Wildman–Crippen LogP) is 2.74. The average molecular weight is 265 g/mol. The van der Waals surface area contributed by atoms with Crippen LogP contribution >= 0.6 is 11.6 Å². The topological polar surface area (TPSA) is 38.0 Å². The maximum atomic E-state index is 9.05. The smallest absolute Gasteiger partial charge is 0.0663 e. The van der Waals surface area contributed by atoms with Gasteiger partial charge in [-0.2, -0.15) is 5.10 Å². The van der Waals surface area contributed by atoms with Crippen molar-refractivity contribution in [2.24, 2.45) is 0 Å². The van der Waals surface area contributed by atoms with Crippen molar-refractivity contribution in [3.8, 4) is 0 Å². The Bertz CT molecular complexity index is 549. The van der Waals surface area contributed by atoms with Crippen LogP contribution in [-0.4, -0.2) is 21.5 Å². The summed E-state index contributed by atoms with van der Waals surface area (Å²) in [5.41, 5.74) is 4.37. The zero-order valence-electron chi connectivity index (χ0n) is 10.7. The molecule has 2 aromatic rings. The van der Waals surface area contributed by atoms with Crippen molar-refractivity contribution in [3.63, 3.8) is 0 Å². The van der Waals surface area contributed by atoms with Gasteiger partial charge in [0, 0.05) is 17.3 Å². The second-order valence-corrected chi connectivity index (χ2v) is 4.85. The maximum Gasteiger partial charge on any atom is 0.0663 e. The largest absolute Gasteiger partial charge is 0.396 e. The lowest BCUT2D eigenvalue weighted by molar-refractivity contribution is 0.299. The first-order valence-corrected chi connectivity index (χ1v) is 6.38. The van der Waals surface area contributed by atoms with E-state index < -0.39 is 0 Å². The fourth-order valence-electron chi connectivity index (χ4n) is 2.17. The van der Waals surface area contributed by atoms with Crippen LogP contribution in [0, 0.1) is 13.8 Å². The second-order valence-electron chi connectivity index (χ2n) is 4.41. The first kappa shape index (κ1) is 13.1. The van der Waals surface area contributed by atoms with Crippen molar-refractivity contribution in [2.75, 3.05) is 6.61 Å². The van der Waals surface area contributed by atoms with Gasteiger partial charge in [0.1, 0.15) is 0 Å². The van der Waals surface area contributed by atoms with E-state index >= 15 is 0 Å². The molecule has 1 heterocycles. The third kappa shape index (κ3) is 2.74. The SMILES string of the molecule is Cc1nn(Cc2cccc(Cl)c2)c(C)c1CCO. The number of benzene rings is 1. The first-order valence-electron chi connectivity index (χ1n) is 6.00. The minimum atomic E-state index is 0.157. The summed E-state index contributed by atoms with van der Waals surface area (Å²) in [5.74, 6) is 0. The molecule has 1 aromatic heterocycles. The Morgan fingerprint density at radius 1 is 1.33 bits per heavy atom. The number of hydrogen-bond donors (Lipinski definition) is 1. The van der Waals surface area contributed by atoms with E-state index in [1.54, 1.807) is 0 Å². The Hall–Kier alpha value is -1.32. The van der Waals surface area contributed by atoms with E-state index in [1.165, 1.54) is 0 Å². The van der Waals surface area contributed by atoms with Gasteiger partial charge in [-0.05, 0) is 43.5 Å². The summed E-state index contributed by atoms with van der Waals surface area (Å²) in [6.45, 7) is 4.88. The van der Waals surface area contributed by atoms with Crippen LogP contribution in [0.15, 0.2) is 24.3 Å². The summed E-state index contributed by atoms with van der Waals surface area (Å²) in [4.78, 5) is 0. The van der Waals surface area contributed by atoms with E-state index in [0.29, 0.717) is 13.0 Å². The van der Waals surface area contributed by atoms with E-state index in [1.807, 2.05) is 42.8 Å². The molecule has 1 aromatic carbocycles. The monoisotopic (exact) mass is 264 g/mol. The average Bonchev–Trinajstić information content (AvgIpc) is 2.57. The molecule has 0 fully saturated rings. The number of aromatic nitrogens is 2. The number of halogens is 1. The molecule has 1 N–H and O–H groups in total. The summed E-state index contributed by atoms with van der Waals surface area (Å²) >= 11 is 5.97. The first-order chi connectivity index (χ1) is 8.61. The zero-order chi connectivity index (χ0) is 13.1. The van der Waals surface area contributed by atoms with Crippen LogP contribution in [0.5, 0.6) is 0 Å². The van der Waals surface area contributed by atoms with Gasteiger partial charge in [0.15, 0.2) is 0 Å². The molecule has 2 rings (SSSR count). The number of aliphatic hydroxyl groups excluding tert-OH is 1. The molecule has 0 radical (unpaired) electrons. The Morgan fingerprint density at radius 3 is 2.78 bits per heavy atom. The molecule has 0 atom stereocenters. The van der Waals surface area contributed by atoms with Crippen molar-refractivity contribution in [1.82, 2.24) is 9.78 Å². The van der Waals surface area contributed by atoms with Crippen LogP contribution in [0.25, 0.3) is 0 Å². The minimum absolute atomic E-state index is 0.157. The Labute approximate surface area is 112 Å². The molecule has 18 heavy (non-hydrogen) atoms. The molecule has 0 aliphatic heterocycles. The highest BCUT2D eigenvalue weighted by molar-refractivity contribution is 6.30. The van der Waals surface area contributed by atoms with Crippen LogP contribution < -0.4 is 0 Å². The molecular weight excluding hydrogens is 248 g/mol. The third-order valence-corrected chi connectivity index (χ3v) is 3.35. The molecule has 0 saturated carbocycles. The quantitative estimate of drug-likeness (QED) is 0.922. The Kier molecular flexibility index (Phi) is 4.04. The minimum Gasteiger partial charge on any atom is -0.396 e. The van der Waals surface area contributed by atoms with Crippen LogP contribution in [0.1, 0.15) is 22.5 Å². The normalized spacial score (nSPS) is 10.9. The number of nitrogens with zero attached hydrogens (tertiary/aromatic N) is 2. The molecule has 0 amide bonds. The summed E-state index contributed by atoms with van der Waals surface area (Å²) in [6.07, 6.45) is 0.660. The molecule has 96 valence electrons. The summed E-state index contributed by atoms with van der Waals surface area (Å²) in [6, 6.07) is 7.79. The summed E-state index contributed by atoms with van der Waals surface area (Å²) in [7, 11) is 0. The number of hydrogen-bond acceptors (Lipinski definition) is 2. The lowest BCUT2D eigenvalue weighted by atomic mass is 10.1. The molecule has 0 bridgehead atoms. The van der Waals surface area contributed by atoms with Crippen LogP contribution in [-0.2, 0) is 13.0 Å². The Morgan fingerprint density at radius 2 is 2.11 bits per heavy atom. The van der Waals surface area contributed by atoms with E-state index in [-0.39, 0.29) is 6.61 Å². The van der Waals surface area contributed by atoms with Crippen molar-refractivity contribution < 1.29 is 5.11 Å². The second kappa shape index (κ2) is 5.55. The van der Waals surface area contributed by atoms with Gasteiger partial charge in [0.25, 0.3) is 0 Å². The molecule has 0 unspecified atom stereocenters. The van der Waals surface area contributed by atoms with Gasteiger partial charge in [0.05, 0.1) is 12.2 Å². The highest BCUT2D eigenvalue weighted by atomic mass is 35.5. The van der Waals surface area contributed by atoms with Gasteiger partial charge in [-0.3, -0.25) is 4.68 Å². The standard InChI is InChI=1S/C14H17ClN2O/c1-10-14(6-7-18)11(2)17(16-10)9-12-4-3-5-13(15)8-12/h3-5,8,18H,6-7,9H2,1-2H3. The summed E-state index contributed by atoms with van der Waals surface area (Å²) < 4.78 is 1.96. The molecule has 0 aliphatic rings. The van der Waals surface area contributed by atoms with Crippen LogP contribution in [0.4, 0.5) is 0 Å². The zero-order valence-corrected chi connectivity index (χ0v) is 11.4. The lowest BCUT2D eigenvalue weighted by Gasteiger charge is -2.06. The van der Waals surface area contributed by atoms with Gasteiger partial charge in [-0.25, -0.2) is 0 Å². The van der Waals surface area contributed by atoms with Gasteiger partial charge in [-0.15, -0.1) is 0 Å². The number of aliphatic hydroxyl groups is 1.